The highest BCUT2D eigenvalue weighted by Crippen LogP contribution is 2.22. The number of amides is 1. The van der Waals surface area contributed by atoms with Crippen molar-refractivity contribution in [1.29, 1.82) is 0 Å². The van der Waals surface area contributed by atoms with E-state index in [1.807, 2.05) is 24.3 Å². The van der Waals surface area contributed by atoms with Crippen molar-refractivity contribution in [3.63, 3.8) is 0 Å². The van der Waals surface area contributed by atoms with E-state index in [-0.39, 0.29) is 12.5 Å². The first-order valence-electron chi connectivity index (χ1n) is 8.00. The van der Waals surface area contributed by atoms with Gasteiger partial charge in [-0.05, 0) is 35.6 Å². The number of hydrogen-bond acceptors (Lipinski definition) is 2. The molecular weight excluding hydrogens is 308 g/mol. The molecule has 1 amide bonds. The maximum absolute atomic E-state index is 12.1. The second kappa shape index (κ2) is 8.59. The van der Waals surface area contributed by atoms with Gasteiger partial charge in [-0.15, -0.1) is 0 Å². The van der Waals surface area contributed by atoms with Crippen LogP contribution in [0.1, 0.15) is 30.5 Å². The van der Waals surface area contributed by atoms with Gasteiger partial charge < -0.3 is 10.6 Å². The van der Waals surface area contributed by atoms with Gasteiger partial charge in [-0.3, -0.25) is 4.79 Å². The van der Waals surface area contributed by atoms with Crippen LogP contribution in [0.4, 0.5) is 5.69 Å². The molecule has 0 bridgehead atoms. The molecule has 0 heterocycles. The van der Waals surface area contributed by atoms with E-state index in [0.717, 1.165) is 24.1 Å². The number of carbonyl (C=O) groups excluding carboxylic acids is 1. The van der Waals surface area contributed by atoms with Crippen LogP contribution in [0.2, 0.25) is 5.02 Å². The van der Waals surface area contributed by atoms with Crippen LogP contribution in [0.5, 0.6) is 0 Å². The number of para-hydroxylation sites is 1. The predicted molar refractivity (Wildman–Crippen MR) is 97.0 cm³/mol. The zero-order valence-corrected chi connectivity index (χ0v) is 14.4. The van der Waals surface area contributed by atoms with Gasteiger partial charge in [-0.25, -0.2) is 0 Å². The SMILES string of the molecule is CCc1cccc(CC)c1NCC(=O)NCc1ccccc1Cl. The first-order valence-corrected chi connectivity index (χ1v) is 8.38. The number of hydrogen-bond donors (Lipinski definition) is 2. The normalized spacial score (nSPS) is 10.4. The molecule has 0 spiro atoms. The van der Waals surface area contributed by atoms with Gasteiger partial charge in [0.15, 0.2) is 0 Å². The lowest BCUT2D eigenvalue weighted by molar-refractivity contribution is -0.119. The molecule has 0 saturated heterocycles. The Hall–Kier alpha value is -2.00. The van der Waals surface area contributed by atoms with Gasteiger partial charge in [0.1, 0.15) is 0 Å². The molecule has 0 fully saturated rings. The van der Waals surface area contributed by atoms with Crippen LogP contribution in [0.15, 0.2) is 42.5 Å². The van der Waals surface area contributed by atoms with Gasteiger partial charge in [0.05, 0.1) is 6.54 Å². The third-order valence-electron chi connectivity index (χ3n) is 3.86. The average molecular weight is 331 g/mol. The zero-order valence-electron chi connectivity index (χ0n) is 13.7. The number of anilines is 1. The van der Waals surface area contributed by atoms with E-state index in [9.17, 15) is 4.79 Å². The van der Waals surface area contributed by atoms with Crippen LogP contribution in [-0.2, 0) is 24.2 Å². The topological polar surface area (TPSA) is 41.1 Å². The van der Waals surface area contributed by atoms with Crippen molar-refractivity contribution in [3.8, 4) is 0 Å². The summed E-state index contributed by atoms with van der Waals surface area (Å²) in [6.07, 6.45) is 1.88. The molecule has 23 heavy (non-hydrogen) atoms. The van der Waals surface area contributed by atoms with Crippen LogP contribution < -0.4 is 10.6 Å². The molecule has 0 aliphatic rings. The first-order chi connectivity index (χ1) is 11.2. The lowest BCUT2D eigenvalue weighted by atomic mass is 10.0. The zero-order chi connectivity index (χ0) is 16.7. The minimum absolute atomic E-state index is 0.0436. The van der Waals surface area contributed by atoms with Crippen molar-refractivity contribution in [3.05, 3.63) is 64.2 Å². The Morgan fingerprint density at radius 2 is 1.57 bits per heavy atom. The van der Waals surface area contributed by atoms with Crippen molar-refractivity contribution in [2.75, 3.05) is 11.9 Å². The molecule has 0 atom stereocenters. The van der Waals surface area contributed by atoms with Crippen molar-refractivity contribution < 1.29 is 4.79 Å². The first kappa shape index (κ1) is 17.4. The summed E-state index contributed by atoms with van der Waals surface area (Å²) in [6.45, 7) is 4.94. The molecule has 0 saturated carbocycles. The van der Waals surface area contributed by atoms with Crippen molar-refractivity contribution in [1.82, 2.24) is 5.32 Å². The average Bonchev–Trinajstić information content (AvgIpc) is 2.58. The Morgan fingerprint density at radius 1 is 0.957 bits per heavy atom. The molecule has 122 valence electrons. The summed E-state index contributed by atoms with van der Waals surface area (Å²) >= 11 is 6.09. The highest BCUT2D eigenvalue weighted by Gasteiger charge is 2.08. The summed E-state index contributed by atoms with van der Waals surface area (Å²) < 4.78 is 0. The summed E-state index contributed by atoms with van der Waals surface area (Å²) in [5.41, 5.74) is 4.49. The highest BCUT2D eigenvalue weighted by atomic mass is 35.5. The van der Waals surface area contributed by atoms with E-state index in [4.69, 9.17) is 11.6 Å². The molecule has 0 aliphatic heterocycles. The third kappa shape index (κ3) is 4.73. The number of aryl methyl sites for hydroxylation is 2. The van der Waals surface area contributed by atoms with E-state index < -0.39 is 0 Å². The summed E-state index contributed by atoms with van der Waals surface area (Å²) in [6, 6.07) is 13.8. The fraction of sp³-hybridized carbons (Fsp3) is 0.316. The molecule has 0 aliphatic carbocycles. The Balaban J connectivity index is 1.93. The molecule has 0 unspecified atom stereocenters. The van der Waals surface area contributed by atoms with Gasteiger partial charge >= 0.3 is 0 Å². The summed E-state index contributed by atoms with van der Waals surface area (Å²) in [5.74, 6) is -0.0436. The van der Waals surface area contributed by atoms with Crippen molar-refractivity contribution in [2.24, 2.45) is 0 Å². The molecule has 2 aromatic rings. The number of halogens is 1. The van der Waals surface area contributed by atoms with Gasteiger partial charge in [0, 0.05) is 17.3 Å². The minimum atomic E-state index is -0.0436. The van der Waals surface area contributed by atoms with Gasteiger partial charge in [-0.2, -0.15) is 0 Å². The van der Waals surface area contributed by atoms with Gasteiger partial charge in [0.25, 0.3) is 0 Å². The van der Waals surface area contributed by atoms with E-state index >= 15 is 0 Å². The van der Waals surface area contributed by atoms with E-state index in [2.05, 4.69) is 42.7 Å². The number of benzene rings is 2. The smallest absolute Gasteiger partial charge is 0.239 e. The van der Waals surface area contributed by atoms with Gasteiger partial charge in [0.2, 0.25) is 5.91 Å². The molecule has 2 aromatic carbocycles. The van der Waals surface area contributed by atoms with Crippen LogP contribution in [-0.4, -0.2) is 12.5 Å². The lowest BCUT2D eigenvalue weighted by Crippen LogP contribution is -2.30. The Morgan fingerprint density at radius 3 is 2.17 bits per heavy atom. The maximum Gasteiger partial charge on any atom is 0.239 e. The fourth-order valence-electron chi connectivity index (χ4n) is 2.54. The second-order valence-electron chi connectivity index (χ2n) is 5.38. The van der Waals surface area contributed by atoms with Crippen molar-refractivity contribution >= 4 is 23.2 Å². The quantitative estimate of drug-likeness (QED) is 0.799. The Bertz CT molecular complexity index is 648. The predicted octanol–water partition coefficient (Wildman–Crippen LogP) is 4.19. The molecule has 2 N–H and O–H groups in total. The van der Waals surface area contributed by atoms with Crippen LogP contribution >= 0.6 is 11.6 Å². The van der Waals surface area contributed by atoms with E-state index in [0.29, 0.717) is 11.6 Å². The summed E-state index contributed by atoms with van der Waals surface area (Å²) in [5, 5.41) is 6.86. The fourth-order valence-corrected chi connectivity index (χ4v) is 2.74. The van der Waals surface area contributed by atoms with E-state index in [1.54, 1.807) is 0 Å². The molecular formula is C19H23ClN2O. The second-order valence-corrected chi connectivity index (χ2v) is 5.79. The number of nitrogens with one attached hydrogen (secondary N) is 2. The highest BCUT2D eigenvalue weighted by molar-refractivity contribution is 6.31. The summed E-state index contributed by atoms with van der Waals surface area (Å²) in [7, 11) is 0. The standard InChI is InChI=1S/C19H23ClN2O/c1-3-14-9-7-10-15(4-2)19(14)22-13-18(23)21-12-16-8-5-6-11-17(16)20/h5-11,22H,3-4,12-13H2,1-2H3,(H,21,23). The molecule has 0 aromatic heterocycles. The minimum Gasteiger partial charge on any atom is -0.376 e. The number of carbonyl (C=O) groups is 1. The summed E-state index contributed by atoms with van der Waals surface area (Å²) in [4.78, 5) is 12.1. The van der Waals surface area contributed by atoms with E-state index in [1.165, 1.54) is 11.1 Å². The largest absolute Gasteiger partial charge is 0.376 e. The lowest BCUT2D eigenvalue weighted by Gasteiger charge is -2.15. The molecule has 3 nitrogen and oxygen atoms in total. The third-order valence-corrected chi connectivity index (χ3v) is 4.23. The van der Waals surface area contributed by atoms with Gasteiger partial charge in [-0.1, -0.05) is 61.8 Å². The number of rotatable bonds is 7. The maximum atomic E-state index is 12.1. The molecule has 4 heteroatoms. The van der Waals surface area contributed by atoms with Crippen LogP contribution in [0.25, 0.3) is 0 Å². The van der Waals surface area contributed by atoms with Crippen LogP contribution in [0.3, 0.4) is 0 Å². The van der Waals surface area contributed by atoms with Crippen molar-refractivity contribution in [2.45, 2.75) is 33.2 Å². The molecule has 2 rings (SSSR count). The Labute approximate surface area is 143 Å². The Kier molecular flexibility index (Phi) is 6.48. The monoisotopic (exact) mass is 330 g/mol. The van der Waals surface area contributed by atoms with Crippen LogP contribution in [0, 0.1) is 0 Å². The molecule has 0 radical (unpaired) electrons.